The predicted octanol–water partition coefficient (Wildman–Crippen LogP) is 4.96. The first-order valence-corrected chi connectivity index (χ1v) is 11.7. The first-order chi connectivity index (χ1) is 17.6. The van der Waals surface area contributed by atoms with Crippen molar-refractivity contribution in [2.45, 2.75) is 18.9 Å². The number of aromatic nitrogens is 1. The number of rotatable bonds is 6. The van der Waals surface area contributed by atoms with Crippen LogP contribution in [0.1, 0.15) is 28.8 Å². The van der Waals surface area contributed by atoms with Crippen LogP contribution < -0.4 is 14.8 Å². The van der Waals surface area contributed by atoms with Gasteiger partial charge in [-0.1, -0.05) is 6.07 Å². The van der Waals surface area contributed by atoms with Gasteiger partial charge in [-0.25, -0.2) is 0 Å². The molecule has 0 unspecified atom stereocenters. The SMILES string of the molecule is CNC(=O)c1ccc(-c2cc3nccc(-c4ccc(OC5CCOCC5)c(C#N)c4)c3o2)c(OC)c1. The van der Waals surface area contributed by atoms with Gasteiger partial charge in [-0.2, -0.15) is 5.26 Å². The molecule has 0 radical (unpaired) electrons. The fourth-order valence-electron chi connectivity index (χ4n) is 4.34. The highest BCUT2D eigenvalue weighted by Gasteiger charge is 2.20. The lowest BCUT2D eigenvalue weighted by molar-refractivity contribution is 0.0254. The summed E-state index contributed by atoms with van der Waals surface area (Å²) in [6, 6.07) is 16.7. The number of carbonyl (C=O) groups is 1. The lowest BCUT2D eigenvalue weighted by Gasteiger charge is -2.23. The Morgan fingerprint density at radius 2 is 1.92 bits per heavy atom. The molecule has 182 valence electrons. The molecule has 0 bridgehead atoms. The molecule has 36 heavy (non-hydrogen) atoms. The normalized spacial score (nSPS) is 13.8. The highest BCUT2D eigenvalue weighted by Crippen LogP contribution is 2.38. The zero-order chi connectivity index (χ0) is 25.1. The molecule has 1 aliphatic heterocycles. The maximum absolute atomic E-state index is 12.0. The Balaban J connectivity index is 1.52. The van der Waals surface area contributed by atoms with Crippen LogP contribution in [0.3, 0.4) is 0 Å². The van der Waals surface area contributed by atoms with Crippen LogP contribution in [0.2, 0.25) is 0 Å². The van der Waals surface area contributed by atoms with Crippen molar-refractivity contribution in [1.29, 1.82) is 5.26 Å². The molecular weight excluding hydrogens is 458 g/mol. The molecule has 8 nitrogen and oxygen atoms in total. The van der Waals surface area contributed by atoms with Gasteiger partial charge in [-0.3, -0.25) is 9.78 Å². The van der Waals surface area contributed by atoms with E-state index >= 15 is 0 Å². The molecular formula is C28H25N3O5. The average Bonchev–Trinajstić information content (AvgIpc) is 3.37. The van der Waals surface area contributed by atoms with Crippen LogP contribution in [-0.2, 0) is 4.74 Å². The predicted molar refractivity (Wildman–Crippen MR) is 134 cm³/mol. The Bertz CT molecular complexity index is 1460. The Morgan fingerprint density at radius 3 is 2.67 bits per heavy atom. The van der Waals surface area contributed by atoms with Crippen molar-refractivity contribution in [3.63, 3.8) is 0 Å². The minimum atomic E-state index is -0.203. The second-order valence-corrected chi connectivity index (χ2v) is 8.43. The summed E-state index contributed by atoms with van der Waals surface area (Å²) in [5.41, 5.74) is 4.53. The smallest absolute Gasteiger partial charge is 0.251 e. The first-order valence-electron chi connectivity index (χ1n) is 11.7. The van der Waals surface area contributed by atoms with Crippen molar-refractivity contribution in [2.75, 3.05) is 27.4 Å². The summed E-state index contributed by atoms with van der Waals surface area (Å²) in [4.78, 5) is 16.5. The zero-order valence-corrected chi connectivity index (χ0v) is 20.0. The number of nitrogens with one attached hydrogen (secondary N) is 1. The summed E-state index contributed by atoms with van der Waals surface area (Å²) in [5.74, 6) is 1.44. The molecule has 3 heterocycles. The minimum Gasteiger partial charge on any atom is -0.496 e. The molecule has 1 fully saturated rings. The number of hydrogen-bond donors (Lipinski definition) is 1. The quantitative estimate of drug-likeness (QED) is 0.413. The summed E-state index contributed by atoms with van der Waals surface area (Å²) in [6.07, 6.45) is 3.36. The van der Waals surface area contributed by atoms with Crippen LogP contribution in [0.25, 0.3) is 33.6 Å². The summed E-state index contributed by atoms with van der Waals surface area (Å²) in [6.45, 7) is 1.33. The molecule has 4 aromatic rings. The molecule has 1 amide bonds. The molecule has 8 heteroatoms. The second kappa shape index (κ2) is 10.1. The van der Waals surface area contributed by atoms with E-state index in [9.17, 15) is 10.1 Å². The van der Waals surface area contributed by atoms with E-state index < -0.39 is 0 Å². The highest BCUT2D eigenvalue weighted by atomic mass is 16.5. The molecule has 2 aromatic heterocycles. The zero-order valence-electron chi connectivity index (χ0n) is 20.0. The van der Waals surface area contributed by atoms with Gasteiger partial charge in [0, 0.05) is 43.3 Å². The summed E-state index contributed by atoms with van der Waals surface area (Å²) in [5, 5.41) is 12.4. The topological polar surface area (TPSA) is 107 Å². The van der Waals surface area contributed by atoms with Gasteiger partial charge in [0.2, 0.25) is 0 Å². The molecule has 0 spiro atoms. The van der Waals surface area contributed by atoms with E-state index in [1.54, 1.807) is 38.6 Å². The number of hydrogen-bond acceptors (Lipinski definition) is 7. The number of nitriles is 1. The van der Waals surface area contributed by atoms with Gasteiger partial charge in [0.25, 0.3) is 5.91 Å². The highest BCUT2D eigenvalue weighted by molar-refractivity contribution is 5.96. The van der Waals surface area contributed by atoms with E-state index in [4.69, 9.17) is 18.6 Å². The Hall–Kier alpha value is -4.35. The van der Waals surface area contributed by atoms with Crippen LogP contribution in [0.4, 0.5) is 0 Å². The fraction of sp³-hybridized carbons (Fsp3) is 0.250. The molecule has 1 N–H and O–H groups in total. The molecule has 2 aromatic carbocycles. The largest absolute Gasteiger partial charge is 0.496 e. The molecule has 1 saturated heterocycles. The third-order valence-corrected chi connectivity index (χ3v) is 6.24. The lowest BCUT2D eigenvalue weighted by atomic mass is 10.0. The molecule has 0 aliphatic carbocycles. The van der Waals surface area contributed by atoms with Gasteiger partial charge in [-0.05, 0) is 42.0 Å². The Labute approximate surface area is 208 Å². The van der Waals surface area contributed by atoms with Crippen molar-refractivity contribution in [3.05, 3.63) is 65.9 Å². The Morgan fingerprint density at radius 1 is 1.08 bits per heavy atom. The van der Waals surface area contributed by atoms with Crippen LogP contribution in [-0.4, -0.2) is 44.4 Å². The van der Waals surface area contributed by atoms with Crippen molar-refractivity contribution >= 4 is 17.0 Å². The molecule has 0 atom stereocenters. The molecule has 1 aliphatic rings. The van der Waals surface area contributed by atoms with Crippen molar-refractivity contribution in [3.8, 4) is 40.0 Å². The van der Waals surface area contributed by atoms with E-state index in [-0.39, 0.29) is 12.0 Å². The van der Waals surface area contributed by atoms with E-state index in [0.29, 0.717) is 58.3 Å². The van der Waals surface area contributed by atoms with Crippen LogP contribution in [0, 0.1) is 11.3 Å². The van der Waals surface area contributed by atoms with Crippen LogP contribution in [0.15, 0.2) is 59.1 Å². The Kier molecular flexibility index (Phi) is 6.56. The maximum atomic E-state index is 12.0. The summed E-state index contributed by atoms with van der Waals surface area (Å²) < 4.78 is 23.3. The first kappa shape index (κ1) is 23.4. The van der Waals surface area contributed by atoms with Gasteiger partial charge in [0.15, 0.2) is 5.58 Å². The third kappa shape index (κ3) is 4.49. The number of benzene rings is 2. The fourth-order valence-corrected chi connectivity index (χ4v) is 4.34. The molecule has 5 rings (SSSR count). The summed E-state index contributed by atoms with van der Waals surface area (Å²) in [7, 11) is 3.13. The maximum Gasteiger partial charge on any atom is 0.251 e. The monoisotopic (exact) mass is 483 g/mol. The third-order valence-electron chi connectivity index (χ3n) is 6.24. The average molecular weight is 484 g/mol. The van der Waals surface area contributed by atoms with Gasteiger partial charge in [0.05, 0.1) is 31.5 Å². The number of amides is 1. The van der Waals surface area contributed by atoms with E-state index in [1.807, 2.05) is 30.3 Å². The number of fused-ring (bicyclic) bond motifs is 1. The van der Waals surface area contributed by atoms with E-state index in [1.165, 1.54) is 0 Å². The van der Waals surface area contributed by atoms with Crippen molar-refractivity contribution < 1.29 is 23.4 Å². The van der Waals surface area contributed by atoms with E-state index in [0.717, 1.165) is 24.0 Å². The van der Waals surface area contributed by atoms with Gasteiger partial charge in [-0.15, -0.1) is 0 Å². The number of nitrogens with zero attached hydrogens (tertiary/aromatic N) is 2. The number of ether oxygens (including phenoxy) is 3. The van der Waals surface area contributed by atoms with E-state index in [2.05, 4.69) is 16.4 Å². The number of pyridine rings is 1. The van der Waals surface area contributed by atoms with Gasteiger partial charge >= 0.3 is 0 Å². The summed E-state index contributed by atoms with van der Waals surface area (Å²) >= 11 is 0. The number of carbonyl (C=O) groups excluding carboxylic acids is 1. The number of methoxy groups -OCH3 is 1. The van der Waals surface area contributed by atoms with Crippen molar-refractivity contribution in [2.24, 2.45) is 0 Å². The van der Waals surface area contributed by atoms with Crippen molar-refractivity contribution in [1.82, 2.24) is 10.3 Å². The van der Waals surface area contributed by atoms with Gasteiger partial charge in [0.1, 0.15) is 34.9 Å². The second-order valence-electron chi connectivity index (χ2n) is 8.43. The van der Waals surface area contributed by atoms with Crippen LogP contribution in [0.5, 0.6) is 11.5 Å². The minimum absolute atomic E-state index is 0.0433. The van der Waals surface area contributed by atoms with Crippen LogP contribution >= 0.6 is 0 Å². The standard InChI is InChI=1S/C28H25N3O5/c1-30-28(32)18-3-5-22(25(14-18)33-2)26-15-23-27(36-26)21(7-10-31-23)17-4-6-24(19(13-17)16-29)35-20-8-11-34-12-9-20/h3-7,10,13-15,20H,8-9,11-12H2,1-2H3,(H,30,32). The lowest BCUT2D eigenvalue weighted by Crippen LogP contribution is -2.26. The molecule has 0 saturated carbocycles. The van der Waals surface area contributed by atoms with Gasteiger partial charge < -0.3 is 23.9 Å². The number of furan rings is 1.